The van der Waals surface area contributed by atoms with Gasteiger partial charge in [0.15, 0.2) is 11.5 Å². The minimum atomic E-state index is 0.181. The fourth-order valence-corrected chi connectivity index (χ4v) is 3.01. The van der Waals surface area contributed by atoms with Crippen LogP contribution in [0.1, 0.15) is 18.4 Å². The van der Waals surface area contributed by atoms with Gasteiger partial charge in [-0.1, -0.05) is 18.2 Å². The van der Waals surface area contributed by atoms with Gasteiger partial charge in [-0.05, 0) is 29.8 Å². The number of hydrogen-bond acceptors (Lipinski definition) is 5. The Morgan fingerprint density at radius 3 is 2.72 bits per heavy atom. The lowest BCUT2D eigenvalue weighted by Gasteiger charge is -2.15. The van der Waals surface area contributed by atoms with Gasteiger partial charge in [-0.2, -0.15) is 0 Å². The highest BCUT2D eigenvalue weighted by atomic mass is 16.5. The number of benzene rings is 2. The van der Waals surface area contributed by atoms with E-state index in [1.54, 1.807) is 0 Å². The molecule has 0 saturated carbocycles. The van der Waals surface area contributed by atoms with Gasteiger partial charge in [0.2, 0.25) is 0 Å². The highest BCUT2D eigenvalue weighted by molar-refractivity contribution is 5.63. The Morgan fingerprint density at radius 2 is 1.88 bits per heavy atom. The molecular formula is C20H23NO4. The topological polar surface area (TPSA) is 49.0 Å². The first-order chi connectivity index (χ1) is 12.4. The Kier molecular flexibility index (Phi) is 4.93. The summed E-state index contributed by atoms with van der Waals surface area (Å²) < 4.78 is 22.8. The van der Waals surface area contributed by atoms with Crippen molar-refractivity contribution in [3.05, 3.63) is 48.0 Å². The molecule has 0 bridgehead atoms. The molecule has 2 aromatic carbocycles. The van der Waals surface area contributed by atoms with Crippen molar-refractivity contribution in [1.82, 2.24) is 0 Å². The lowest BCUT2D eigenvalue weighted by Crippen LogP contribution is -2.15. The maximum Gasteiger partial charge on any atom is 0.184 e. The SMILES string of the molecule is c1cc(NCc2ccc(OC3CCOC3)cc2)c2c(c1)OCCCO2. The summed E-state index contributed by atoms with van der Waals surface area (Å²) >= 11 is 0. The third-order valence-electron chi connectivity index (χ3n) is 4.37. The molecular weight excluding hydrogens is 318 g/mol. The van der Waals surface area contributed by atoms with Crippen molar-refractivity contribution in [2.75, 3.05) is 31.7 Å². The molecule has 2 aromatic rings. The van der Waals surface area contributed by atoms with Gasteiger partial charge < -0.3 is 24.3 Å². The molecule has 0 amide bonds. The van der Waals surface area contributed by atoms with Gasteiger partial charge in [0.05, 0.1) is 32.1 Å². The number of anilines is 1. The standard InChI is InChI=1S/C20H23NO4/c1-3-18(20-19(4-1)23-10-2-11-24-20)21-13-15-5-7-16(8-6-15)25-17-9-12-22-14-17/h1,3-8,17,21H,2,9-14H2. The molecule has 4 rings (SSSR count). The molecule has 1 unspecified atom stereocenters. The van der Waals surface area contributed by atoms with Gasteiger partial charge in [-0.15, -0.1) is 0 Å². The average molecular weight is 341 g/mol. The van der Waals surface area contributed by atoms with Crippen molar-refractivity contribution in [2.45, 2.75) is 25.5 Å². The van der Waals surface area contributed by atoms with Crippen LogP contribution in [0, 0.1) is 0 Å². The molecule has 0 spiro atoms. The Bertz CT molecular complexity index is 695. The molecule has 5 nitrogen and oxygen atoms in total. The normalized spacial score (nSPS) is 19.3. The third kappa shape index (κ3) is 3.99. The number of hydrogen-bond donors (Lipinski definition) is 1. The van der Waals surface area contributed by atoms with Crippen LogP contribution in [0.15, 0.2) is 42.5 Å². The molecule has 5 heteroatoms. The summed E-state index contributed by atoms with van der Waals surface area (Å²) in [5.74, 6) is 2.51. The summed E-state index contributed by atoms with van der Waals surface area (Å²) in [5.41, 5.74) is 2.14. The third-order valence-corrected chi connectivity index (χ3v) is 4.37. The second-order valence-corrected chi connectivity index (χ2v) is 6.28. The molecule has 0 aromatic heterocycles. The summed E-state index contributed by atoms with van der Waals surface area (Å²) in [4.78, 5) is 0. The Morgan fingerprint density at radius 1 is 1.00 bits per heavy atom. The van der Waals surface area contributed by atoms with Gasteiger partial charge in [-0.3, -0.25) is 0 Å². The summed E-state index contributed by atoms with van der Waals surface area (Å²) in [6.07, 6.45) is 2.05. The van der Waals surface area contributed by atoms with Crippen LogP contribution < -0.4 is 19.5 Å². The highest BCUT2D eigenvalue weighted by Gasteiger charge is 2.17. The molecule has 2 aliphatic heterocycles. The summed E-state index contributed by atoms with van der Waals surface area (Å²) in [7, 11) is 0. The molecule has 1 fully saturated rings. The quantitative estimate of drug-likeness (QED) is 0.900. The molecule has 1 saturated heterocycles. The monoisotopic (exact) mass is 341 g/mol. The van der Waals surface area contributed by atoms with Gasteiger partial charge in [0.1, 0.15) is 11.9 Å². The van der Waals surface area contributed by atoms with E-state index < -0.39 is 0 Å². The second-order valence-electron chi connectivity index (χ2n) is 6.28. The first-order valence-electron chi connectivity index (χ1n) is 8.84. The molecule has 2 aliphatic rings. The Balaban J connectivity index is 1.38. The molecule has 25 heavy (non-hydrogen) atoms. The predicted octanol–water partition coefficient (Wildman–Crippen LogP) is 3.63. The van der Waals surface area contributed by atoms with Crippen LogP contribution in [0.3, 0.4) is 0 Å². The maximum absolute atomic E-state index is 5.90. The fourth-order valence-electron chi connectivity index (χ4n) is 3.01. The van der Waals surface area contributed by atoms with Crippen LogP contribution in [0.2, 0.25) is 0 Å². The van der Waals surface area contributed by atoms with Crippen LogP contribution in [-0.4, -0.2) is 32.5 Å². The van der Waals surface area contributed by atoms with Crippen molar-refractivity contribution < 1.29 is 18.9 Å². The second kappa shape index (κ2) is 7.66. The highest BCUT2D eigenvalue weighted by Crippen LogP contribution is 2.37. The minimum absolute atomic E-state index is 0.181. The fraction of sp³-hybridized carbons (Fsp3) is 0.400. The zero-order valence-corrected chi connectivity index (χ0v) is 14.2. The molecule has 1 N–H and O–H groups in total. The zero-order chi connectivity index (χ0) is 16.9. The van der Waals surface area contributed by atoms with E-state index >= 15 is 0 Å². The van der Waals surface area contributed by atoms with E-state index in [2.05, 4.69) is 17.4 Å². The molecule has 0 radical (unpaired) electrons. The van der Waals surface area contributed by atoms with Crippen LogP contribution >= 0.6 is 0 Å². The molecule has 0 aliphatic carbocycles. The van der Waals surface area contributed by atoms with Crippen molar-refractivity contribution in [2.24, 2.45) is 0 Å². The lowest BCUT2D eigenvalue weighted by atomic mass is 10.2. The van der Waals surface area contributed by atoms with Crippen molar-refractivity contribution >= 4 is 5.69 Å². The first-order valence-corrected chi connectivity index (χ1v) is 8.84. The van der Waals surface area contributed by atoms with Gasteiger partial charge in [0, 0.05) is 19.4 Å². The van der Waals surface area contributed by atoms with E-state index in [1.165, 1.54) is 5.56 Å². The van der Waals surface area contributed by atoms with Crippen LogP contribution in [0.4, 0.5) is 5.69 Å². The number of nitrogens with one attached hydrogen (secondary N) is 1. The average Bonchev–Trinajstić information content (AvgIpc) is 3.03. The summed E-state index contributed by atoms with van der Waals surface area (Å²) in [6, 6.07) is 14.1. The molecule has 132 valence electrons. The Hall–Kier alpha value is -2.40. The van der Waals surface area contributed by atoms with E-state index in [4.69, 9.17) is 18.9 Å². The number of para-hydroxylation sites is 1. The number of rotatable bonds is 5. The van der Waals surface area contributed by atoms with E-state index in [0.29, 0.717) is 26.4 Å². The lowest BCUT2D eigenvalue weighted by molar-refractivity contribution is 0.141. The van der Waals surface area contributed by atoms with E-state index in [1.807, 2.05) is 30.3 Å². The summed E-state index contributed by atoms with van der Waals surface area (Å²) in [6.45, 7) is 3.57. The number of fused-ring (bicyclic) bond motifs is 1. The number of ether oxygens (including phenoxy) is 4. The summed E-state index contributed by atoms with van der Waals surface area (Å²) in [5, 5.41) is 3.44. The largest absolute Gasteiger partial charge is 0.489 e. The van der Waals surface area contributed by atoms with Crippen LogP contribution in [0.25, 0.3) is 0 Å². The zero-order valence-electron chi connectivity index (χ0n) is 14.2. The molecule has 2 heterocycles. The van der Waals surface area contributed by atoms with Crippen LogP contribution in [-0.2, 0) is 11.3 Å². The van der Waals surface area contributed by atoms with Crippen molar-refractivity contribution in [3.8, 4) is 17.2 Å². The van der Waals surface area contributed by atoms with Crippen LogP contribution in [0.5, 0.6) is 17.2 Å². The first kappa shape index (κ1) is 16.1. The van der Waals surface area contributed by atoms with Crippen molar-refractivity contribution in [3.63, 3.8) is 0 Å². The van der Waals surface area contributed by atoms with Gasteiger partial charge in [0.25, 0.3) is 0 Å². The van der Waals surface area contributed by atoms with E-state index in [-0.39, 0.29) is 6.10 Å². The maximum atomic E-state index is 5.90. The Labute approximate surface area is 147 Å². The molecule has 1 atom stereocenters. The van der Waals surface area contributed by atoms with Gasteiger partial charge >= 0.3 is 0 Å². The minimum Gasteiger partial charge on any atom is -0.489 e. The van der Waals surface area contributed by atoms with E-state index in [0.717, 1.165) is 42.4 Å². The van der Waals surface area contributed by atoms with Crippen molar-refractivity contribution in [1.29, 1.82) is 0 Å². The van der Waals surface area contributed by atoms with E-state index in [9.17, 15) is 0 Å². The van der Waals surface area contributed by atoms with Gasteiger partial charge in [-0.25, -0.2) is 0 Å². The smallest absolute Gasteiger partial charge is 0.184 e. The predicted molar refractivity (Wildman–Crippen MR) is 95.7 cm³/mol.